The first-order valence-electron chi connectivity index (χ1n) is 10.4. The maximum absolute atomic E-state index is 12.9. The van der Waals surface area contributed by atoms with Crippen molar-refractivity contribution in [3.05, 3.63) is 35.9 Å². The molecule has 184 valence electrons. The van der Waals surface area contributed by atoms with Crippen molar-refractivity contribution in [3.63, 3.8) is 0 Å². The van der Waals surface area contributed by atoms with E-state index in [2.05, 4.69) is 5.32 Å². The highest BCUT2D eigenvalue weighted by atomic mass is 16.7. The smallest absolute Gasteiger partial charge is 0.366 e. The fraction of sp³-hybridized carbons (Fsp3) is 0.591. The average molecular weight is 469 g/mol. The van der Waals surface area contributed by atoms with Crippen molar-refractivity contribution in [1.29, 1.82) is 0 Å². The molecule has 0 spiro atoms. The lowest BCUT2D eigenvalue weighted by Gasteiger charge is -2.48. The Morgan fingerprint density at radius 2 is 1.88 bits per heavy atom. The topological polar surface area (TPSA) is 150 Å². The zero-order valence-corrected chi connectivity index (χ0v) is 19.1. The highest BCUT2D eigenvalue weighted by Crippen LogP contribution is 2.36. The van der Waals surface area contributed by atoms with Crippen molar-refractivity contribution in [2.75, 3.05) is 20.8 Å². The summed E-state index contributed by atoms with van der Waals surface area (Å²) in [6, 6.07) is 7.86. The van der Waals surface area contributed by atoms with Crippen molar-refractivity contribution in [2.24, 2.45) is 0 Å². The van der Waals surface area contributed by atoms with Crippen LogP contribution in [0.2, 0.25) is 0 Å². The first-order valence-corrected chi connectivity index (χ1v) is 10.4. The monoisotopic (exact) mass is 469 g/mol. The predicted molar refractivity (Wildman–Crippen MR) is 113 cm³/mol. The number of carbonyl (C=O) groups is 3. The van der Waals surface area contributed by atoms with Gasteiger partial charge in [-0.2, -0.15) is 0 Å². The molecule has 2 rings (SSSR count). The van der Waals surface area contributed by atoms with Crippen molar-refractivity contribution in [1.82, 2.24) is 5.32 Å². The number of nitrogens with one attached hydrogen (secondary N) is 1. The molecule has 6 atom stereocenters. The van der Waals surface area contributed by atoms with Gasteiger partial charge in [0, 0.05) is 21.0 Å². The molecule has 1 aliphatic rings. The number of hydrogen-bond acceptors (Lipinski definition) is 10. The van der Waals surface area contributed by atoms with Gasteiger partial charge in [0.2, 0.25) is 5.91 Å². The van der Waals surface area contributed by atoms with E-state index in [1.807, 2.05) is 6.07 Å². The molecule has 0 bridgehead atoms. The lowest BCUT2D eigenvalue weighted by molar-refractivity contribution is -0.317. The summed E-state index contributed by atoms with van der Waals surface area (Å²) in [5.41, 5.74) is 0.722. The summed E-state index contributed by atoms with van der Waals surface area (Å²) >= 11 is 0. The highest BCUT2D eigenvalue weighted by molar-refractivity contribution is 5.78. The Bertz CT molecular complexity index is 800. The van der Waals surface area contributed by atoms with Crippen LogP contribution >= 0.6 is 0 Å². The summed E-state index contributed by atoms with van der Waals surface area (Å²) in [5.74, 6) is -4.18. The van der Waals surface area contributed by atoms with E-state index >= 15 is 0 Å². The van der Waals surface area contributed by atoms with Crippen molar-refractivity contribution in [3.8, 4) is 0 Å². The van der Waals surface area contributed by atoms with Crippen LogP contribution in [0, 0.1) is 0 Å². The maximum atomic E-state index is 12.9. The second-order valence-electron chi connectivity index (χ2n) is 7.63. The molecule has 33 heavy (non-hydrogen) atoms. The molecule has 1 saturated heterocycles. The number of methoxy groups -OCH3 is 2. The van der Waals surface area contributed by atoms with E-state index in [4.69, 9.17) is 23.7 Å². The molecular weight excluding hydrogens is 438 g/mol. The number of esters is 2. The van der Waals surface area contributed by atoms with Gasteiger partial charge in [-0.15, -0.1) is 0 Å². The van der Waals surface area contributed by atoms with Crippen molar-refractivity contribution < 1.29 is 48.3 Å². The zero-order chi connectivity index (χ0) is 24.6. The average Bonchev–Trinajstić information content (AvgIpc) is 2.79. The van der Waals surface area contributed by atoms with E-state index < -0.39 is 60.7 Å². The summed E-state index contributed by atoms with van der Waals surface area (Å²) in [5, 5.41) is 23.1. The van der Waals surface area contributed by atoms with E-state index in [9.17, 15) is 24.6 Å². The fourth-order valence-electron chi connectivity index (χ4n) is 3.71. The van der Waals surface area contributed by atoms with E-state index in [1.54, 1.807) is 24.3 Å². The zero-order valence-electron chi connectivity index (χ0n) is 19.1. The third-order valence-electron chi connectivity index (χ3n) is 5.25. The van der Waals surface area contributed by atoms with E-state index in [-0.39, 0.29) is 13.0 Å². The summed E-state index contributed by atoms with van der Waals surface area (Å²) in [4.78, 5) is 36.6. The standard InChI is InChI=1S/C22H31NO10/c1-13(25)23-18-16(32-14(2)26)10-22(21(28)30-4,31-12-15-8-6-5-7-9-15)33-20(18)19(27)17(11-24)29-3/h5-9,16-20,24,27H,10-12H2,1-4H3,(H,23,25)/t16-,17+,18+,19+,20+,22+/m0/s1. The van der Waals surface area contributed by atoms with Gasteiger partial charge in [0.25, 0.3) is 5.79 Å². The molecule has 1 aromatic rings. The number of aliphatic hydroxyl groups excluding tert-OH is 2. The Labute approximate surface area is 191 Å². The van der Waals surface area contributed by atoms with Gasteiger partial charge in [-0.25, -0.2) is 4.79 Å². The molecule has 1 fully saturated rings. The quantitative estimate of drug-likeness (QED) is 0.389. The molecule has 11 heteroatoms. The van der Waals surface area contributed by atoms with Gasteiger partial charge in [-0.1, -0.05) is 30.3 Å². The van der Waals surface area contributed by atoms with Crippen LogP contribution in [0.15, 0.2) is 30.3 Å². The normalized spacial score (nSPS) is 26.7. The van der Waals surface area contributed by atoms with E-state index in [1.165, 1.54) is 21.0 Å². The molecule has 1 amide bonds. The molecule has 1 aromatic carbocycles. The molecule has 0 unspecified atom stereocenters. The molecule has 0 saturated carbocycles. The van der Waals surface area contributed by atoms with Gasteiger partial charge >= 0.3 is 11.9 Å². The van der Waals surface area contributed by atoms with Gasteiger partial charge < -0.3 is 39.2 Å². The SMILES string of the molecule is COC(=O)[C@@]1(OCc2ccccc2)C[C@H](OC(C)=O)[C@@H](NC(C)=O)[C@H]([C@H](O)[C@@H](CO)OC)O1. The highest BCUT2D eigenvalue weighted by Gasteiger charge is 2.57. The molecule has 1 heterocycles. The first-order chi connectivity index (χ1) is 15.7. The minimum absolute atomic E-state index is 0.0654. The second kappa shape index (κ2) is 12.1. The second-order valence-corrected chi connectivity index (χ2v) is 7.63. The van der Waals surface area contributed by atoms with Crippen molar-refractivity contribution in [2.45, 2.75) is 63.1 Å². The van der Waals surface area contributed by atoms with Crippen LogP contribution in [-0.2, 0) is 44.7 Å². The number of benzene rings is 1. The van der Waals surface area contributed by atoms with Gasteiger partial charge in [0.1, 0.15) is 24.4 Å². The fourth-order valence-corrected chi connectivity index (χ4v) is 3.71. The van der Waals surface area contributed by atoms with Crippen LogP contribution in [0.25, 0.3) is 0 Å². The molecule has 0 aliphatic carbocycles. The Balaban J connectivity index is 2.50. The van der Waals surface area contributed by atoms with Crippen LogP contribution < -0.4 is 5.32 Å². The minimum atomic E-state index is -2.08. The Morgan fingerprint density at radius 1 is 1.21 bits per heavy atom. The van der Waals surface area contributed by atoms with Crippen LogP contribution in [-0.4, -0.2) is 85.1 Å². The van der Waals surface area contributed by atoms with Gasteiger partial charge in [0.15, 0.2) is 0 Å². The lowest BCUT2D eigenvalue weighted by atomic mass is 9.88. The molecule has 1 aliphatic heterocycles. The molecular formula is C22H31NO10. The van der Waals surface area contributed by atoms with E-state index in [0.29, 0.717) is 0 Å². The van der Waals surface area contributed by atoms with Crippen LogP contribution in [0.3, 0.4) is 0 Å². The first kappa shape index (κ1) is 26.7. The Morgan fingerprint density at radius 3 is 2.39 bits per heavy atom. The summed E-state index contributed by atoms with van der Waals surface area (Å²) in [6.45, 7) is 1.76. The number of amides is 1. The molecule has 3 N–H and O–H groups in total. The number of carbonyl (C=O) groups excluding carboxylic acids is 3. The van der Waals surface area contributed by atoms with Crippen LogP contribution in [0.4, 0.5) is 0 Å². The predicted octanol–water partition coefficient (Wildman–Crippen LogP) is -0.334. The Hall–Kier alpha value is -2.57. The molecule has 11 nitrogen and oxygen atoms in total. The van der Waals surface area contributed by atoms with E-state index in [0.717, 1.165) is 12.7 Å². The number of aliphatic hydroxyl groups is 2. The largest absolute Gasteiger partial charge is 0.465 e. The number of rotatable bonds is 10. The molecule has 0 aromatic heterocycles. The van der Waals surface area contributed by atoms with Crippen LogP contribution in [0.5, 0.6) is 0 Å². The van der Waals surface area contributed by atoms with Gasteiger partial charge in [0.05, 0.1) is 32.8 Å². The third-order valence-corrected chi connectivity index (χ3v) is 5.25. The van der Waals surface area contributed by atoms with Gasteiger partial charge in [-0.3, -0.25) is 9.59 Å². The third kappa shape index (κ3) is 6.71. The number of hydrogen-bond donors (Lipinski definition) is 3. The minimum Gasteiger partial charge on any atom is -0.465 e. The summed E-state index contributed by atoms with van der Waals surface area (Å²) < 4.78 is 27.3. The summed E-state index contributed by atoms with van der Waals surface area (Å²) in [7, 11) is 2.40. The van der Waals surface area contributed by atoms with Crippen LogP contribution in [0.1, 0.15) is 25.8 Å². The van der Waals surface area contributed by atoms with Gasteiger partial charge in [-0.05, 0) is 5.56 Å². The van der Waals surface area contributed by atoms with Crippen molar-refractivity contribution >= 4 is 17.8 Å². The number of ether oxygens (including phenoxy) is 5. The molecule has 0 radical (unpaired) electrons. The lowest BCUT2D eigenvalue weighted by Crippen LogP contribution is -2.68. The summed E-state index contributed by atoms with van der Waals surface area (Å²) in [6.07, 6.45) is -5.51. The maximum Gasteiger partial charge on any atom is 0.366 e. The Kier molecular flexibility index (Phi) is 9.74.